The van der Waals surface area contributed by atoms with Crippen LogP contribution in [-0.4, -0.2) is 9.97 Å². The lowest BCUT2D eigenvalue weighted by atomic mass is 9.96. The summed E-state index contributed by atoms with van der Waals surface area (Å²) in [4.78, 5) is 19.2. The van der Waals surface area contributed by atoms with E-state index in [1.165, 1.54) is 44.2 Å². The molecular weight excluding hydrogens is 291 g/mol. The number of aromatic nitrogens is 2. The van der Waals surface area contributed by atoms with Crippen molar-refractivity contribution in [2.45, 2.75) is 51.4 Å². The van der Waals surface area contributed by atoms with Gasteiger partial charge in [-0.2, -0.15) is 0 Å². The van der Waals surface area contributed by atoms with E-state index < -0.39 is 0 Å². The van der Waals surface area contributed by atoms with Gasteiger partial charge in [-0.1, -0.05) is 19.3 Å². The maximum Gasteiger partial charge on any atom is 0.270 e. The van der Waals surface area contributed by atoms with Gasteiger partial charge in [-0.15, -0.1) is 0 Å². The number of nitrogens with zero attached hydrogens (tertiary/aromatic N) is 1. The summed E-state index contributed by atoms with van der Waals surface area (Å²) in [6, 6.07) is 4.32. The molecule has 4 heteroatoms. The zero-order chi connectivity index (χ0) is 15.8. The third-order valence-electron chi connectivity index (χ3n) is 5.70. The van der Waals surface area contributed by atoms with Gasteiger partial charge >= 0.3 is 0 Å². The molecular formula is C19H23FN2O. The minimum absolute atomic E-state index is 0.181. The molecule has 2 fully saturated rings. The van der Waals surface area contributed by atoms with Crippen molar-refractivity contribution in [3.8, 4) is 0 Å². The van der Waals surface area contributed by atoms with Crippen molar-refractivity contribution < 1.29 is 4.39 Å². The van der Waals surface area contributed by atoms with E-state index in [-0.39, 0.29) is 11.4 Å². The number of benzene rings is 1. The number of unbranched alkanes of at least 4 members (excludes halogenated alkanes) is 2. The summed E-state index contributed by atoms with van der Waals surface area (Å²) in [5, 5.41) is 0. The van der Waals surface area contributed by atoms with Gasteiger partial charge in [0.2, 0.25) is 0 Å². The van der Waals surface area contributed by atoms with Gasteiger partial charge in [0, 0.05) is 0 Å². The fourth-order valence-corrected chi connectivity index (χ4v) is 4.32. The summed E-state index contributed by atoms with van der Waals surface area (Å²) in [5.41, 5.74) is 1.53. The Morgan fingerprint density at radius 3 is 2.91 bits per heavy atom. The monoisotopic (exact) mass is 314 g/mol. The number of aromatic amines is 1. The van der Waals surface area contributed by atoms with E-state index in [9.17, 15) is 9.18 Å². The lowest BCUT2D eigenvalue weighted by Crippen LogP contribution is -2.15. The van der Waals surface area contributed by atoms with Gasteiger partial charge in [-0.25, -0.2) is 9.37 Å². The van der Waals surface area contributed by atoms with Crippen LogP contribution in [0.15, 0.2) is 23.0 Å². The first-order valence-corrected chi connectivity index (χ1v) is 8.89. The molecule has 0 amide bonds. The van der Waals surface area contributed by atoms with E-state index >= 15 is 0 Å². The Balaban J connectivity index is 1.30. The van der Waals surface area contributed by atoms with Crippen LogP contribution in [0.1, 0.15) is 50.6 Å². The smallest absolute Gasteiger partial charge is 0.270 e. The summed E-state index contributed by atoms with van der Waals surface area (Å²) >= 11 is 0. The summed E-state index contributed by atoms with van der Waals surface area (Å²) in [5.74, 6) is 2.76. The molecule has 3 atom stereocenters. The molecule has 0 spiro atoms. The largest absolute Gasteiger partial charge is 0.319 e. The standard InChI is InChI=1S/C19H23FN2O/c20-14-8-9-16-18(11-14)22-19(23)17(21-16)5-3-1-2-4-12-6-7-13-10-15(12)13/h8-9,11-13,15H,1-7,10H2,(H,22,23). The van der Waals surface area contributed by atoms with E-state index in [0.29, 0.717) is 23.1 Å². The molecule has 1 aromatic carbocycles. The summed E-state index contributed by atoms with van der Waals surface area (Å²) in [7, 11) is 0. The van der Waals surface area contributed by atoms with Crippen LogP contribution in [0.3, 0.4) is 0 Å². The highest BCUT2D eigenvalue weighted by molar-refractivity contribution is 5.73. The first kappa shape index (κ1) is 14.9. The zero-order valence-corrected chi connectivity index (χ0v) is 13.4. The minimum Gasteiger partial charge on any atom is -0.319 e. The third kappa shape index (κ3) is 3.17. The molecule has 0 saturated heterocycles. The highest BCUT2D eigenvalue weighted by atomic mass is 19.1. The van der Waals surface area contributed by atoms with Crippen LogP contribution < -0.4 is 5.56 Å². The number of fused-ring (bicyclic) bond motifs is 2. The molecule has 2 saturated carbocycles. The lowest BCUT2D eigenvalue weighted by molar-refractivity contribution is 0.420. The first-order chi connectivity index (χ1) is 11.2. The van der Waals surface area contributed by atoms with Crippen molar-refractivity contribution in [1.82, 2.24) is 9.97 Å². The first-order valence-electron chi connectivity index (χ1n) is 8.89. The van der Waals surface area contributed by atoms with Crippen molar-refractivity contribution >= 4 is 11.0 Å². The Morgan fingerprint density at radius 1 is 1.22 bits per heavy atom. The fraction of sp³-hybridized carbons (Fsp3) is 0.579. The van der Waals surface area contributed by atoms with Crippen molar-refractivity contribution in [3.63, 3.8) is 0 Å². The molecule has 0 radical (unpaired) electrons. The van der Waals surface area contributed by atoms with Crippen LogP contribution >= 0.6 is 0 Å². The number of aryl methyl sites for hydroxylation is 1. The second kappa shape index (κ2) is 6.06. The Bertz CT molecular complexity index is 770. The van der Waals surface area contributed by atoms with Gasteiger partial charge in [-0.05, 0) is 68.1 Å². The average molecular weight is 314 g/mol. The number of rotatable bonds is 6. The normalized spacial score (nSPS) is 25.7. The van der Waals surface area contributed by atoms with Gasteiger partial charge in [0.05, 0.1) is 11.0 Å². The van der Waals surface area contributed by atoms with E-state index in [0.717, 1.165) is 30.6 Å². The molecule has 2 aromatic rings. The molecule has 0 aliphatic heterocycles. The topological polar surface area (TPSA) is 45.8 Å². The molecule has 2 aliphatic carbocycles. The summed E-state index contributed by atoms with van der Waals surface area (Å²) < 4.78 is 13.2. The number of H-pyrrole nitrogens is 1. The van der Waals surface area contributed by atoms with Crippen molar-refractivity contribution in [1.29, 1.82) is 0 Å². The maximum absolute atomic E-state index is 13.2. The van der Waals surface area contributed by atoms with Crippen LogP contribution in [0.25, 0.3) is 11.0 Å². The van der Waals surface area contributed by atoms with Gasteiger partial charge in [0.25, 0.3) is 5.56 Å². The summed E-state index contributed by atoms with van der Waals surface area (Å²) in [6.07, 6.45) is 9.90. The van der Waals surface area contributed by atoms with Crippen molar-refractivity contribution in [2.24, 2.45) is 17.8 Å². The van der Waals surface area contributed by atoms with Crippen LogP contribution in [0, 0.1) is 23.6 Å². The van der Waals surface area contributed by atoms with E-state index in [2.05, 4.69) is 9.97 Å². The highest BCUT2D eigenvalue weighted by Crippen LogP contribution is 2.56. The summed E-state index contributed by atoms with van der Waals surface area (Å²) in [6.45, 7) is 0. The Labute approximate surface area is 135 Å². The second-order valence-corrected chi connectivity index (χ2v) is 7.27. The Hall–Kier alpha value is -1.71. The maximum atomic E-state index is 13.2. The number of hydrogen-bond acceptors (Lipinski definition) is 2. The molecule has 0 bridgehead atoms. The molecule has 2 aliphatic rings. The predicted molar refractivity (Wildman–Crippen MR) is 88.8 cm³/mol. The minimum atomic E-state index is -0.354. The predicted octanol–water partition coefficient (Wildman–Crippen LogP) is 4.21. The molecule has 1 N–H and O–H groups in total. The quantitative estimate of drug-likeness (QED) is 0.812. The molecule has 4 rings (SSSR count). The van der Waals surface area contributed by atoms with Gasteiger partial charge < -0.3 is 4.98 Å². The number of hydrogen-bond donors (Lipinski definition) is 1. The van der Waals surface area contributed by atoms with E-state index in [4.69, 9.17) is 0 Å². The van der Waals surface area contributed by atoms with Gasteiger partial charge in [-0.3, -0.25) is 4.79 Å². The zero-order valence-electron chi connectivity index (χ0n) is 13.4. The molecule has 122 valence electrons. The average Bonchev–Trinajstić information content (AvgIpc) is 3.21. The van der Waals surface area contributed by atoms with E-state index in [1.807, 2.05) is 0 Å². The number of nitrogens with one attached hydrogen (secondary N) is 1. The third-order valence-corrected chi connectivity index (χ3v) is 5.70. The van der Waals surface area contributed by atoms with Crippen molar-refractivity contribution in [3.05, 3.63) is 40.1 Å². The van der Waals surface area contributed by atoms with E-state index in [1.54, 1.807) is 6.07 Å². The molecule has 23 heavy (non-hydrogen) atoms. The Kier molecular flexibility index (Phi) is 3.92. The van der Waals surface area contributed by atoms with Gasteiger partial charge in [0.15, 0.2) is 0 Å². The molecule has 1 heterocycles. The highest BCUT2D eigenvalue weighted by Gasteiger charge is 2.47. The molecule has 1 aromatic heterocycles. The SMILES string of the molecule is O=c1[nH]c2cc(F)ccc2nc1CCCCCC1CCC2CC12. The van der Waals surface area contributed by atoms with Crippen molar-refractivity contribution in [2.75, 3.05) is 0 Å². The Morgan fingerprint density at radius 2 is 2.13 bits per heavy atom. The number of halogens is 1. The van der Waals surface area contributed by atoms with Crippen LogP contribution in [-0.2, 0) is 6.42 Å². The fourth-order valence-electron chi connectivity index (χ4n) is 4.32. The van der Waals surface area contributed by atoms with Crippen LogP contribution in [0.5, 0.6) is 0 Å². The lowest BCUT2D eigenvalue weighted by Gasteiger charge is -2.10. The van der Waals surface area contributed by atoms with Crippen LogP contribution in [0.2, 0.25) is 0 Å². The molecule has 3 unspecified atom stereocenters. The van der Waals surface area contributed by atoms with Crippen LogP contribution in [0.4, 0.5) is 4.39 Å². The molecule has 3 nitrogen and oxygen atoms in total. The second-order valence-electron chi connectivity index (χ2n) is 7.27. The van der Waals surface area contributed by atoms with Gasteiger partial charge in [0.1, 0.15) is 11.5 Å².